The van der Waals surface area contributed by atoms with E-state index >= 15 is 0 Å². The highest BCUT2D eigenvalue weighted by atomic mass is 16.7. The number of carbonyl (C=O) groups is 4. The highest BCUT2D eigenvalue weighted by Crippen LogP contribution is 2.31. The summed E-state index contributed by atoms with van der Waals surface area (Å²) < 4.78 is 31.9. The molecular weight excluding hydrogens is 1380 g/mol. The Hall–Kier alpha value is -8.92. The molecule has 0 radical (unpaired) electrons. The second kappa shape index (κ2) is 39.3. The first-order valence-corrected chi connectivity index (χ1v) is 34.0. The lowest BCUT2D eigenvalue weighted by Gasteiger charge is -2.39. The molecular formula is C63H91N15O26. The van der Waals surface area contributed by atoms with E-state index in [0.29, 0.717) is 65.0 Å². The number of nitro groups is 2. The topological polar surface area (TPSA) is 575 Å². The van der Waals surface area contributed by atoms with Crippen LogP contribution in [0, 0.1) is 20.2 Å². The third-order valence-corrected chi connectivity index (χ3v) is 17.7. The summed E-state index contributed by atoms with van der Waals surface area (Å²) in [6.07, 6.45) is -15.4. The van der Waals surface area contributed by atoms with Crippen molar-refractivity contribution in [1.82, 2.24) is 40.9 Å². The summed E-state index contributed by atoms with van der Waals surface area (Å²) in [4.78, 5) is 131. The SMILES string of the molecule is NC(COC(=O)NCCNc1c(NCCCN2CCN(CCCNC(=O)c3cc(OC4OC(CO)C(O)C(O)C4O)cc([N+](=O)[O-])c3)CC2)c(=O)c1=O)COC(=O)NCCNc1c(NCCCN2CCN(CCCNC(=O)c3cc(O[C@H]4O[C@H](CO)[C@H](O)[C@H](O)[C@H]4O)cc([N+](=O)[O-])c3)CC2)c(=O)c1=O. The summed E-state index contributed by atoms with van der Waals surface area (Å²) in [7, 11) is 0. The number of aliphatic hydroxyl groups excluding tert-OH is 8. The summed E-state index contributed by atoms with van der Waals surface area (Å²) in [6, 6.07) is 5.62. The van der Waals surface area contributed by atoms with E-state index in [4.69, 9.17) is 34.2 Å². The number of alkyl carbamates (subject to hydrolysis) is 2. The number of piperazine rings is 2. The number of nitrogens with zero attached hydrogens (tertiary/aromatic N) is 6. The molecule has 4 aliphatic heterocycles. The maximum atomic E-state index is 13.1. The number of amides is 4. The van der Waals surface area contributed by atoms with Crippen LogP contribution < -0.4 is 79.5 Å². The molecule has 0 spiro atoms. The lowest BCUT2D eigenvalue weighted by atomic mass is 9.99. The van der Waals surface area contributed by atoms with Gasteiger partial charge < -0.3 is 137 Å². The largest absolute Gasteiger partial charge is 0.462 e. The summed E-state index contributed by atoms with van der Waals surface area (Å²) in [5.74, 6) is -1.70. The molecule has 4 aromatic rings. The molecule has 11 atom stereocenters. The molecule has 18 N–H and O–H groups in total. The van der Waals surface area contributed by atoms with E-state index in [1.54, 1.807) is 0 Å². The molecule has 0 aliphatic carbocycles. The lowest BCUT2D eigenvalue weighted by Crippen LogP contribution is -2.60. The fraction of sp³-hybridized carbons (Fsp3) is 0.619. The average molecular weight is 1470 g/mol. The van der Waals surface area contributed by atoms with Crippen LogP contribution in [0.25, 0.3) is 0 Å². The molecule has 8 rings (SSSR count). The molecule has 0 saturated carbocycles. The zero-order chi connectivity index (χ0) is 75.1. The van der Waals surface area contributed by atoms with E-state index in [1.807, 2.05) is 0 Å². The number of anilines is 4. The van der Waals surface area contributed by atoms with Crippen LogP contribution in [0.5, 0.6) is 11.5 Å². The van der Waals surface area contributed by atoms with Gasteiger partial charge in [0.05, 0.1) is 41.2 Å². The van der Waals surface area contributed by atoms with Gasteiger partial charge in [0.2, 0.25) is 12.6 Å². The minimum atomic E-state index is -1.77. The zero-order valence-corrected chi connectivity index (χ0v) is 56.8. The Balaban J connectivity index is 0.604. The van der Waals surface area contributed by atoms with Crippen molar-refractivity contribution in [1.29, 1.82) is 0 Å². The molecule has 574 valence electrons. The fourth-order valence-corrected chi connectivity index (χ4v) is 11.8. The molecule has 4 aromatic carbocycles. The predicted octanol–water partition coefficient (Wildman–Crippen LogP) is -6.16. The maximum absolute atomic E-state index is 13.1. The lowest BCUT2D eigenvalue weighted by molar-refractivity contribution is -0.385. The monoisotopic (exact) mass is 1470 g/mol. The van der Waals surface area contributed by atoms with Crippen molar-refractivity contribution in [2.24, 2.45) is 5.73 Å². The van der Waals surface area contributed by atoms with Gasteiger partial charge in [-0.25, -0.2) is 9.59 Å². The number of non-ortho nitro benzene ring substituents is 2. The van der Waals surface area contributed by atoms with Gasteiger partial charge in [-0.05, 0) is 64.0 Å². The predicted molar refractivity (Wildman–Crippen MR) is 367 cm³/mol. The quantitative estimate of drug-likeness (QED) is 0.00853. The third kappa shape index (κ3) is 22.5. The Kier molecular flexibility index (Phi) is 30.5. The van der Waals surface area contributed by atoms with Crippen LogP contribution in [0.1, 0.15) is 46.4 Å². The van der Waals surface area contributed by atoms with Crippen LogP contribution in [-0.2, 0) is 18.9 Å². The van der Waals surface area contributed by atoms with E-state index in [9.17, 15) is 99.4 Å². The highest BCUT2D eigenvalue weighted by Gasteiger charge is 2.46. The van der Waals surface area contributed by atoms with Gasteiger partial charge in [-0.3, -0.25) is 49.0 Å². The Bertz CT molecular complexity index is 3440. The molecule has 4 aliphatic rings. The second-order valence-electron chi connectivity index (χ2n) is 25.2. The van der Waals surface area contributed by atoms with Gasteiger partial charge in [0.25, 0.3) is 44.9 Å². The number of nitrogens with two attached hydrogens (primary N) is 1. The normalized spacial score (nSPS) is 22.9. The molecule has 41 heteroatoms. The number of hydrogen-bond donors (Lipinski definition) is 17. The summed E-state index contributed by atoms with van der Waals surface area (Å²) in [5.41, 5.74) is 2.52. The van der Waals surface area contributed by atoms with Gasteiger partial charge in [0.15, 0.2) is 0 Å². The van der Waals surface area contributed by atoms with Crippen molar-refractivity contribution < 1.29 is 98.3 Å². The minimum absolute atomic E-state index is 0.00649. The first kappa shape index (κ1) is 80.8. The standard InChI is InChI=1S/C63H91N15O26/c64-37(33-99-62(93)71-11-9-67-46-44(50(83)52(46)85)65-5-1-13-73-17-21-75(22-18-73)15-3-7-69-58(91)35-25-38(77(95)96)29-40(27-35)101-60-56(89)54(87)48(81)42(31-79)103-60)34-100-63(94)72-12-10-68-47-45(51(84)53(47)86)66-6-2-14-74-19-23-76(24-20-74)16-4-8-70-59(92)36-26-39(78(97)98)30-41(28-36)102-61-57(90)55(88)49(82)43(32-80)104-61/h25-30,37,42-43,48-49,54-57,60-61,65-68,79-82,87-90H,1-24,31-34,64H2,(H,69,91)(H,70,92)(H,71,93)(H,72,94)/t37?,42-,43?,48+,49?,54+,55?,56-,57?,60+,61?/m1/s1. The molecule has 4 saturated heterocycles. The number of nitrogens with one attached hydrogen (secondary N) is 8. The molecule has 6 unspecified atom stereocenters. The van der Waals surface area contributed by atoms with Crippen molar-refractivity contribution in [2.45, 2.75) is 93.1 Å². The van der Waals surface area contributed by atoms with Gasteiger partial charge in [-0.2, -0.15) is 0 Å². The Labute approximate surface area is 593 Å². The van der Waals surface area contributed by atoms with Crippen molar-refractivity contribution in [3.8, 4) is 11.5 Å². The van der Waals surface area contributed by atoms with Gasteiger partial charge in [0.1, 0.15) is 96.3 Å². The molecule has 0 bridgehead atoms. The van der Waals surface area contributed by atoms with Gasteiger partial charge in [0, 0.05) is 128 Å². The number of nitro benzene ring substituents is 2. The van der Waals surface area contributed by atoms with E-state index in [-0.39, 0.29) is 97.9 Å². The molecule has 4 heterocycles. The summed E-state index contributed by atoms with van der Waals surface area (Å²) in [6.45, 7) is 8.16. The minimum Gasteiger partial charge on any atom is -0.462 e. The summed E-state index contributed by atoms with van der Waals surface area (Å²) in [5, 5.41) is 125. The zero-order valence-electron chi connectivity index (χ0n) is 56.8. The third-order valence-electron chi connectivity index (χ3n) is 17.7. The van der Waals surface area contributed by atoms with Gasteiger partial charge in [-0.1, -0.05) is 0 Å². The molecule has 0 aromatic heterocycles. The molecule has 4 amide bonds. The van der Waals surface area contributed by atoms with Crippen molar-refractivity contribution in [3.63, 3.8) is 0 Å². The van der Waals surface area contributed by atoms with Crippen LogP contribution >= 0.6 is 0 Å². The fourth-order valence-electron chi connectivity index (χ4n) is 11.8. The van der Waals surface area contributed by atoms with E-state index < -0.39 is 148 Å². The number of rotatable bonds is 40. The van der Waals surface area contributed by atoms with E-state index in [2.05, 4.69) is 62.1 Å². The number of benzene rings is 2. The van der Waals surface area contributed by atoms with Crippen molar-refractivity contribution in [2.75, 3.05) is 179 Å². The maximum Gasteiger partial charge on any atom is 0.407 e. The van der Waals surface area contributed by atoms with Crippen LogP contribution in [-0.4, -0.2) is 319 Å². The molecule has 104 heavy (non-hydrogen) atoms. The highest BCUT2D eigenvalue weighted by molar-refractivity contribution is 5.96. The summed E-state index contributed by atoms with van der Waals surface area (Å²) >= 11 is 0. The van der Waals surface area contributed by atoms with Crippen LogP contribution in [0.15, 0.2) is 55.6 Å². The first-order valence-electron chi connectivity index (χ1n) is 34.0. The second-order valence-corrected chi connectivity index (χ2v) is 25.2. The Morgan fingerprint density at radius 2 is 0.779 bits per heavy atom. The Morgan fingerprint density at radius 3 is 1.10 bits per heavy atom. The number of carbonyl (C=O) groups excluding carboxylic acids is 4. The van der Waals surface area contributed by atoms with E-state index in [0.717, 1.165) is 76.6 Å². The smallest absolute Gasteiger partial charge is 0.407 e. The van der Waals surface area contributed by atoms with Crippen LogP contribution in [0.2, 0.25) is 0 Å². The number of ether oxygens (including phenoxy) is 6. The average Bonchev–Trinajstić information content (AvgIpc) is 0.797. The van der Waals surface area contributed by atoms with Crippen molar-refractivity contribution >= 4 is 58.1 Å². The molecule has 41 nitrogen and oxygen atoms in total. The number of aliphatic hydroxyl groups is 8. The van der Waals surface area contributed by atoms with E-state index in [1.165, 1.54) is 12.1 Å². The van der Waals surface area contributed by atoms with Crippen molar-refractivity contribution in [3.05, 3.63) is 109 Å². The molecule has 4 fully saturated rings. The number of hydrogen-bond acceptors (Lipinski definition) is 35. The van der Waals surface area contributed by atoms with Crippen LogP contribution in [0.4, 0.5) is 43.7 Å². The van der Waals surface area contributed by atoms with Gasteiger partial charge >= 0.3 is 12.2 Å². The first-order chi connectivity index (χ1) is 49.8. The van der Waals surface area contributed by atoms with Crippen LogP contribution in [0.3, 0.4) is 0 Å². The Morgan fingerprint density at radius 1 is 0.462 bits per heavy atom. The van der Waals surface area contributed by atoms with Gasteiger partial charge in [-0.15, -0.1) is 0 Å².